The number of nitrogens with one attached hydrogen (secondary N) is 1. The number of aromatic nitrogens is 1. The number of rotatable bonds is 5. The molecule has 1 N–H and O–H groups in total. The maximum absolute atomic E-state index is 6.22. The largest absolute Gasteiger partial charge is 0.372 e. The first-order valence-electron chi connectivity index (χ1n) is 5.94. The number of pyridine rings is 1. The molecule has 94 valence electrons. The summed E-state index contributed by atoms with van der Waals surface area (Å²) >= 11 is 12.3. The zero-order chi connectivity index (χ0) is 12.4. The Morgan fingerprint density at radius 2 is 2.12 bits per heavy atom. The minimum absolute atomic E-state index is 0.559. The standard InChI is InChI=1S/C12H17Cl2N3/c1-3-17(7-8-4-5-8)12-10(14)6-9(13)11(15-2)16-12/h6,8H,3-5,7H2,1-2H3,(H,15,16). The monoisotopic (exact) mass is 273 g/mol. The molecule has 0 radical (unpaired) electrons. The highest BCUT2D eigenvalue weighted by atomic mass is 35.5. The highest BCUT2D eigenvalue weighted by Crippen LogP contribution is 2.35. The van der Waals surface area contributed by atoms with Gasteiger partial charge in [0, 0.05) is 20.1 Å². The molecule has 1 aliphatic rings. The first-order chi connectivity index (χ1) is 8.15. The number of nitrogens with zero attached hydrogens (tertiary/aromatic N) is 2. The predicted octanol–water partition coefficient (Wildman–Crippen LogP) is 3.67. The molecule has 0 atom stereocenters. The summed E-state index contributed by atoms with van der Waals surface area (Å²) in [6.07, 6.45) is 2.64. The van der Waals surface area contributed by atoms with E-state index in [-0.39, 0.29) is 0 Å². The fourth-order valence-electron chi connectivity index (χ4n) is 1.83. The molecule has 0 amide bonds. The van der Waals surface area contributed by atoms with E-state index in [4.69, 9.17) is 23.2 Å². The van der Waals surface area contributed by atoms with Gasteiger partial charge in [-0.3, -0.25) is 0 Å². The zero-order valence-electron chi connectivity index (χ0n) is 10.1. The van der Waals surface area contributed by atoms with Crippen LogP contribution >= 0.6 is 23.2 Å². The van der Waals surface area contributed by atoms with Crippen molar-refractivity contribution in [3.8, 4) is 0 Å². The second kappa shape index (κ2) is 5.32. The van der Waals surface area contributed by atoms with Crippen LogP contribution in [0, 0.1) is 5.92 Å². The van der Waals surface area contributed by atoms with Gasteiger partial charge in [-0.05, 0) is 31.7 Å². The van der Waals surface area contributed by atoms with Crippen LogP contribution in [0.3, 0.4) is 0 Å². The van der Waals surface area contributed by atoms with E-state index in [1.54, 1.807) is 6.07 Å². The van der Waals surface area contributed by atoms with Crippen LogP contribution in [-0.2, 0) is 0 Å². The van der Waals surface area contributed by atoms with Crippen LogP contribution < -0.4 is 10.2 Å². The molecule has 0 unspecified atom stereocenters. The van der Waals surface area contributed by atoms with Gasteiger partial charge in [0.15, 0.2) is 0 Å². The summed E-state index contributed by atoms with van der Waals surface area (Å²) in [6.45, 7) is 4.07. The van der Waals surface area contributed by atoms with Crippen LogP contribution in [0.1, 0.15) is 19.8 Å². The SMILES string of the molecule is CCN(CC1CC1)c1nc(NC)c(Cl)cc1Cl. The van der Waals surface area contributed by atoms with E-state index >= 15 is 0 Å². The van der Waals surface area contributed by atoms with E-state index in [0.29, 0.717) is 15.9 Å². The normalized spacial score (nSPS) is 14.8. The van der Waals surface area contributed by atoms with Gasteiger partial charge >= 0.3 is 0 Å². The zero-order valence-corrected chi connectivity index (χ0v) is 11.6. The van der Waals surface area contributed by atoms with Crippen LogP contribution in [0.5, 0.6) is 0 Å². The van der Waals surface area contributed by atoms with E-state index in [1.165, 1.54) is 12.8 Å². The average molecular weight is 274 g/mol. The quantitative estimate of drug-likeness (QED) is 0.888. The van der Waals surface area contributed by atoms with Crippen molar-refractivity contribution in [1.29, 1.82) is 0 Å². The van der Waals surface area contributed by atoms with Crippen LogP contribution in [0.2, 0.25) is 10.0 Å². The Labute approximate surface area is 112 Å². The number of halogens is 2. The Morgan fingerprint density at radius 1 is 1.41 bits per heavy atom. The van der Waals surface area contributed by atoms with Gasteiger partial charge in [-0.25, -0.2) is 4.98 Å². The minimum atomic E-state index is 0.559. The Bertz CT molecular complexity index is 405. The first-order valence-corrected chi connectivity index (χ1v) is 6.70. The fraction of sp³-hybridized carbons (Fsp3) is 0.583. The molecule has 1 heterocycles. The third-order valence-electron chi connectivity index (χ3n) is 3.00. The Kier molecular flexibility index (Phi) is 4.00. The summed E-state index contributed by atoms with van der Waals surface area (Å²) < 4.78 is 0. The lowest BCUT2D eigenvalue weighted by Gasteiger charge is -2.23. The molecule has 0 aliphatic heterocycles. The average Bonchev–Trinajstić information content (AvgIpc) is 3.11. The van der Waals surface area contributed by atoms with Crippen molar-refractivity contribution in [2.45, 2.75) is 19.8 Å². The molecule has 0 bridgehead atoms. The number of anilines is 2. The highest BCUT2D eigenvalue weighted by molar-refractivity contribution is 6.37. The molecule has 0 saturated heterocycles. The molecule has 1 saturated carbocycles. The molecule has 3 nitrogen and oxygen atoms in total. The van der Waals surface area contributed by atoms with Crippen molar-refractivity contribution in [1.82, 2.24) is 4.98 Å². The van der Waals surface area contributed by atoms with Gasteiger partial charge in [0.1, 0.15) is 11.6 Å². The Balaban J connectivity index is 2.27. The van der Waals surface area contributed by atoms with E-state index in [1.807, 2.05) is 7.05 Å². The molecule has 5 heteroatoms. The lowest BCUT2D eigenvalue weighted by atomic mass is 10.3. The fourth-order valence-corrected chi connectivity index (χ4v) is 2.40. The molecule has 2 rings (SSSR count). The van der Waals surface area contributed by atoms with E-state index in [2.05, 4.69) is 22.1 Å². The summed E-state index contributed by atoms with van der Waals surface area (Å²) in [7, 11) is 1.81. The van der Waals surface area contributed by atoms with Gasteiger partial charge in [0.2, 0.25) is 0 Å². The van der Waals surface area contributed by atoms with Crippen LogP contribution in [0.4, 0.5) is 11.6 Å². The molecule has 1 fully saturated rings. The molecule has 1 aromatic rings. The molecule has 0 spiro atoms. The third kappa shape index (κ3) is 2.96. The summed E-state index contributed by atoms with van der Waals surface area (Å²) in [5.41, 5.74) is 0. The van der Waals surface area contributed by atoms with Gasteiger partial charge in [-0.15, -0.1) is 0 Å². The predicted molar refractivity (Wildman–Crippen MR) is 74.4 cm³/mol. The van der Waals surface area contributed by atoms with E-state index < -0.39 is 0 Å². The van der Waals surface area contributed by atoms with E-state index in [9.17, 15) is 0 Å². The topological polar surface area (TPSA) is 28.2 Å². The van der Waals surface area contributed by atoms with Crippen LogP contribution in [-0.4, -0.2) is 25.1 Å². The Hall–Kier alpha value is -0.670. The van der Waals surface area contributed by atoms with Crippen molar-refractivity contribution in [2.75, 3.05) is 30.4 Å². The molecule has 1 aromatic heterocycles. The molecule has 1 aliphatic carbocycles. The summed E-state index contributed by atoms with van der Waals surface area (Å²) in [6, 6.07) is 1.76. The number of hydrogen-bond donors (Lipinski definition) is 1. The van der Waals surface area contributed by atoms with Crippen LogP contribution in [0.15, 0.2) is 6.07 Å². The molecular formula is C12H17Cl2N3. The van der Waals surface area contributed by atoms with Gasteiger partial charge in [-0.2, -0.15) is 0 Å². The summed E-state index contributed by atoms with van der Waals surface area (Å²) in [5.74, 6) is 2.32. The lowest BCUT2D eigenvalue weighted by molar-refractivity contribution is 0.732. The summed E-state index contributed by atoms with van der Waals surface area (Å²) in [5, 5.41) is 4.16. The summed E-state index contributed by atoms with van der Waals surface area (Å²) in [4.78, 5) is 6.71. The molecular weight excluding hydrogens is 257 g/mol. The maximum atomic E-state index is 6.22. The second-order valence-corrected chi connectivity index (χ2v) is 5.17. The van der Waals surface area contributed by atoms with Crippen molar-refractivity contribution < 1.29 is 0 Å². The van der Waals surface area contributed by atoms with Crippen molar-refractivity contribution in [2.24, 2.45) is 5.92 Å². The van der Waals surface area contributed by atoms with Crippen LogP contribution in [0.25, 0.3) is 0 Å². The first kappa shape index (κ1) is 12.8. The van der Waals surface area contributed by atoms with Crippen molar-refractivity contribution in [3.63, 3.8) is 0 Å². The second-order valence-electron chi connectivity index (χ2n) is 4.36. The maximum Gasteiger partial charge on any atom is 0.149 e. The van der Waals surface area contributed by atoms with Gasteiger partial charge in [0.25, 0.3) is 0 Å². The lowest BCUT2D eigenvalue weighted by Crippen LogP contribution is -2.26. The van der Waals surface area contributed by atoms with Gasteiger partial charge in [0.05, 0.1) is 10.0 Å². The van der Waals surface area contributed by atoms with Gasteiger partial charge < -0.3 is 10.2 Å². The van der Waals surface area contributed by atoms with Gasteiger partial charge in [-0.1, -0.05) is 23.2 Å². The smallest absolute Gasteiger partial charge is 0.149 e. The third-order valence-corrected chi connectivity index (χ3v) is 3.57. The Morgan fingerprint density at radius 3 is 2.65 bits per heavy atom. The minimum Gasteiger partial charge on any atom is -0.372 e. The molecule has 17 heavy (non-hydrogen) atoms. The van der Waals surface area contributed by atoms with E-state index in [0.717, 1.165) is 24.8 Å². The molecule has 0 aromatic carbocycles. The number of hydrogen-bond acceptors (Lipinski definition) is 3. The highest BCUT2D eigenvalue weighted by Gasteiger charge is 2.25. The van der Waals surface area contributed by atoms with Crippen molar-refractivity contribution in [3.05, 3.63) is 16.1 Å². The van der Waals surface area contributed by atoms with Crippen molar-refractivity contribution >= 4 is 34.8 Å².